The molecule has 144 valence electrons. The Labute approximate surface area is 140 Å². The fourth-order valence-corrected chi connectivity index (χ4v) is 0.557. The first kappa shape index (κ1) is 28.1. The molecule has 0 aromatic rings. The lowest BCUT2D eigenvalue weighted by atomic mass is 10.6. The molecule has 0 bridgehead atoms. The molecule has 0 rings (SSSR count). The molecule has 15 heteroatoms. The molecule has 0 atom stereocenters. The third kappa shape index (κ3) is 16.1. The molecule has 0 N–H and O–H groups in total. The van der Waals surface area contributed by atoms with Crippen molar-refractivity contribution in [1.29, 1.82) is 0 Å². The van der Waals surface area contributed by atoms with Crippen molar-refractivity contribution in [3.8, 4) is 0 Å². The molecule has 0 unspecified atom stereocenters. The van der Waals surface area contributed by atoms with Crippen molar-refractivity contribution in [2.75, 3.05) is 0 Å². The van der Waals surface area contributed by atoms with Gasteiger partial charge in [-0.05, 0) is 0 Å². The minimum atomic E-state index is -4.93. The highest BCUT2D eigenvalue weighted by atomic mass is 35.5. The summed E-state index contributed by atoms with van der Waals surface area (Å²) < 4.78 is 132. The molecule has 0 heterocycles. The van der Waals surface area contributed by atoms with E-state index < -0.39 is 36.0 Å². The van der Waals surface area contributed by atoms with Crippen LogP contribution in [0.4, 0.5) is 52.7 Å². The van der Waals surface area contributed by atoms with Crippen LogP contribution in [0.25, 0.3) is 0 Å². The zero-order valence-electron chi connectivity index (χ0n) is 10.4. The number of rotatable bonds is 0. The maximum absolute atomic E-state index is 11.2. The SMILES string of the molecule is F/C(=C/Cl)C(F)(F)F.F/C(=C/Cl)C(F)(F)F.F/C(=C\Cl)C(F)(F)F. The molecule has 0 spiro atoms. The summed E-state index contributed by atoms with van der Waals surface area (Å²) in [4.78, 5) is 0. The first-order chi connectivity index (χ1) is 10.4. The number of alkyl halides is 9. The molecule has 0 aliphatic heterocycles. The molecule has 0 aromatic heterocycles. The van der Waals surface area contributed by atoms with Crippen molar-refractivity contribution in [3.63, 3.8) is 0 Å². The van der Waals surface area contributed by atoms with Gasteiger partial charge in [0.05, 0.1) is 0 Å². The van der Waals surface area contributed by atoms with E-state index in [4.69, 9.17) is 0 Å². The van der Waals surface area contributed by atoms with Gasteiger partial charge in [0.1, 0.15) is 0 Å². The van der Waals surface area contributed by atoms with Gasteiger partial charge in [0.25, 0.3) is 0 Å². The van der Waals surface area contributed by atoms with Crippen molar-refractivity contribution in [3.05, 3.63) is 34.1 Å². The predicted molar refractivity (Wildman–Crippen MR) is 63.3 cm³/mol. The van der Waals surface area contributed by atoms with Crippen LogP contribution in [0, 0.1) is 0 Å². The Morgan fingerprint density at radius 1 is 0.458 bits per heavy atom. The van der Waals surface area contributed by atoms with E-state index in [-0.39, 0.29) is 16.6 Å². The minimum Gasteiger partial charge on any atom is -0.201 e. The molecule has 24 heavy (non-hydrogen) atoms. The van der Waals surface area contributed by atoms with Gasteiger partial charge in [-0.15, -0.1) is 0 Å². The first-order valence-corrected chi connectivity index (χ1v) is 5.85. The maximum atomic E-state index is 11.2. The largest absolute Gasteiger partial charge is 0.443 e. The van der Waals surface area contributed by atoms with E-state index in [2.05, 4.69) is 34.8 Å². The number of hydrogen-bond acceptors (Lipinski definition) is 0. The molecule has 0 saturated heterocycles. The van der Waals surface area contributed by atoms with E-state index >= 15 is 0 Å². The molecule has 0 fully saturated rings. The number of allylic oxidation sites excluding steroid dienone is 3. The quantitative estimate of drug-likeness (QED) is 0.334. The van der Waals surface area contributed by atoms with E-state index in [1.165, 1.54) is 0 Å². The summed E-state index contributed by atoms with van der Waals surface area (Å²) >= 11 is 13.1. The minimum absolute atomic E-state index is 0.153. The number of halogens is 15. The lowest BCUT2D eigenvalue weighted by Crippen LogP contribution is -2.06. The molecule has 0 aromatic carbocycles. The van der Waals surface area contributed by atoms with Crippen LogP contribution in [0.3, 0.4) is 0 Å². The van der Waals surface area contributed by atoms with Crippen LogP contribution >= 0.6 is 34.8 Å². The van der Waals surface area contributed by atoms with Gasteiger partial charge in [0, 0.05) is 16.6 Å². The molecule has 0 amide bonds. The molecular weight excluding hydrogens is 442 g/mol. The van der Waals surface area contributed by atoms with Gasteiger partial charge in [-0.1, -0.05) is 34.8 Å². The van der Waals surface area contributed by atoms with Gasteiger partial charge in [-0.2, -0.15) is 39.5 Å². The third-order valence-electron chi connectivity index (χ3n) is 1.10. The fourth-order valence-electron chi connectivity index (χ4n) is 0.186. The van der Waals surface area contributed by atoms with E-state index in [1.807, 2.05) is 0 Å². The Bertz CT molecular complexity index is 374. The van der Waals surface area contributed by atoms with Crippen LogP contribution in [-0.4, -0.2) is 18.5 Å². The van der Waals surface area contributed by atoms with Crippen LogP contribution in [0.2, 0.25) is 0 Å². The van der Waals surface area contributed by atoms with Gasteiger partial charge in [0.15, 0.2) is 0 Å². The zero-order valence-corrected chi connectivity index (χ0v) is 12.7. The van der Waals surface area contributed by atoms with Crippen molar-refractivity contribution in [1.82, 2.24) is 0 Å². The van der Waals surface area contributed by atoms with Crippen LogP contribution in [0.1, 0.15) is 0 Å². The van der Waals surface area contributed by atoms with Crippen LogP contribution in [-0.2, 0) is 0 Å². The summed E-state index contributed by atoms with van der Waals surface area (Å²) in [5, 5.41) is 0. The molecule has 0 radical (unpaired) electrons. The van der Waals surface area contributed by atoms with Gasteiger partial charge in [-0.25, -0.2) is 13.2 Å². The van der Waals surface area contributed by atoms with Gasteiger partial charge >= 0.3 is 18.5 Å². The van der Waals surface area contributed by atoms with E-state index in [1.54, 1.807) is 0 Å². The lowest BCUT2D eigenvalue weighted by Gasteiger charge is -1.98. The van der Waals surface area contributed by atoms with Crippen molar-refractivity contribution < 1.29 is 52.7 Å². The van der Waals surface area contributed by atoms with Crippen molar-refractivity contribution >= 4 is 34.8 Å². The van der Waals surface area contributed by atoms with E-state index in [0.717, 1.165) is 0 Å². The summed E-state index contributed by atoms with van der Waals surface area (Å²) in [6.45, 7) is 0. The molecule has 0 nitrogen and oxygen atoms in total. The molecule has 0 aliphatic rings. The maximum Gasteiger partial charge on any atom is 0.443 e. The van der Waals surface area contributed by atoms with Gasteiger partial charge in [0.2, 0.25) is 17.5 Å². The molecular formula is C9H3Cl3F12. The Balaban J connectivity index is -0.000000276. The second-order valence-electron chi connectivity index (χ2n) is 2.86. The molecule has 0 aliphatic carbocycles. The highest BCUT2D eigenvalue weighted by Gasteiger charge is 2.35. The summed E-state index contributed by atoms with van der Waals surface area (Å²) in [5.74, 6) is -6.84. The van der Waals surface area contributed by atoms with E-state index in [9.17, 15) is 52.7 Å². The third-order valence-corrected chi connectivity index (χ3v) is 1.67. The van der Waals surface area contributed by atoms with Crippen molar-refractivity contribution in [2.45, 2.75) is 18.5 Å². The number of hydrogen-bond donors (Lipinski definition) is 0. The lowest BCUT2D eigenvalue weighted by molar-refractivity contribution is -0.109. The summed E-state index contributed by atoms with van der Waals surface area (Å²) in [7, 11) is 0. The Kier molecular flexibility index (Phi) is 13.7. The highest BCUT2D eigenvalue weighted by molar-refractivity contribution is 6.26. The average molecular weight is 445 g/mol. The summed E-state index contributed by atoms with van der Waals surface area (Å²) in [6.07, 6.45) is -14.8. The topological polar surface area (TPSA) is 0 Å². The normalized spacial score (nSPS) is 14.4. The Morgan fingerprint density at radius 2 is 0.583 bits per heavy atom. The van der Waals surface area contributed by atoms with E-state index in [0.29, 0.717) is 0 Å². The average Bonchev–Trinajstić information content (AvgIpc) is 2.42. The summed E-state index contributed by atoms with van der Waals surface area (Å²) in [6, 6.07) is 0. The Morgan fingerprint density at radius 3 is 0.583 bits per heavy atom. The monoisotopic (exact) mass is 444 g/mol. The first-order valence-electron chi connectivity index (χ1n) is 4.54. The second-order valence-corrected chi connectivity index (χ2v) is 3.52. The van der Waals surface area contributed by atoms with Crippen LogP contribution in [0.5, 0.6) is 0 Å². The van der Waals surface area contributed by atoms with Crippen molar-refractivity contribution in [2.24, 2.45) is 0 Å². The van der Waals surface area contributed by atoms with Crippen LogP contribution < -0.4 is 0 Å². The van der Waals surface area contributed by atoms with Crippen LogP contribution in [0.15, 0.2) is 34.1 Å². The standard InChI is InChI=1S/3C3HClF4/c3*4-1-2(5)3(6,7)8/h3*1H/b2*2-1+;2-1-. The van der Waals surface area contributed by atoms with Gasteiger partial charge < -0.3 is 0 Å². The highest BCUT2D eigenvalue weighted by Crippen LogP contribution is 2.27. The predicted octanol–water partition coefficient (Wildman–Crippen LogP) is 7.80. The zero-order chi connectivity index (χ0) is 20.4. The Hall–Kier alpha value is -0.750. The molecule has 0 saturated carbocycles. The summed E-state index contributed by atoms with van der Waals surface area (Å²) in [5.41, 5.74) is -0.458. The van der Waals surface area contributed by atoms with Gasteiger partial charge in [-0.3, -0.25) is 0 Å². The smallest absolute Gasteiger partial charge is 0.201 e. The second kappa shape index (κ2) is 11.7. The fraction of sp³-hybridized carbons (Fsp3) is 0.333.